The van der Waals surface area contributed by atoms with E-state index >= 15 is 0 Å². The molecule has 4 heteroatoms. The second-order valence-electron chi connectivity index (χ2n) is 3.50. The van der Waals surface area contributed by atoms with E-state index in [0.29, 0.717) is 0 Å². The van der Waals surface area contributed by atoms with Crippen molar-refractivity contribution in [3.05, 3.63) is 60.7 Å². The van der Waals surface area contributed by atoms with Gasteiger partial charge in [0, 0.05) is 8.80 Å². The summed E-state index contributed by atoms with van der Waals surface area (Å²) in [7, 11) is 9.99. The van der Waals surface area contributed by atoms with Gasteiger partial charge < -0.3 is 0 Å². The van der Waals surface area contributed by atoms with Crippen LogP contribution in [0.3, 0.4) is 0 Å². The summed E-state index contributed by atoms with van der Waals surface area (Å²) >= 11 is -0.826. The molecule has 0 spiro atoms. The fourth-order valence-electron chi connectivity index (χ4n) is 0.642. The van der Waals surface area contributed by atoms with E-state index in [9.17, 15) is 0 Å². The maximum absolute atomic E-state index is 4.93. The zero-order valence-electron chi connectivity index (χ0n) is 10.5. The Morgan fingerprint density at radius 3 is 1.00 bits per heavy atom. The maximum Gasteiger partial charge on any atom is -0.172 e. The molecule has 2 rings (SSSR count). The van der Waals surface area contributed by atoms with Gasteiger partial charge in [0.1, 0.15) is 0 Å². The number of halogens is 2. The molecule has 17 heavy (non-hydrogen) atoms. The van der Waals surface area contributed by atoms with Crippen molar-refractivity contribution in [1.82, 2.24) is 0 Å². The number of hydrogen-bond acceptors (Lipinski definition) is 0. The van der Waals surface area contributed by atoms with Gasteiger partial charge in [0.2, 0.25) is 0 Å². The quantitative estimate of drug-likeness (QED) is 0.424. The van der Waals surface area contributed by atoms with Gasteiger partial charge in [-0.2, -0.15) is 36.4 Å². The summed E-state index contributed by atoms with van der Waals surface area (Å²) in [6, 6.07) is 20.0. The predicted octanol–water partition coefficient (Wildman–Crippen LogP) is 5.56. The van der Waals surface area contributed by atoms with Gasteiger partial charge in [-0.3, -0.25) is 0 Å². The molecule has 2 aromatic carbocycles. The van der Waals surface area contributed by atoms with Crippen LogP contribution in [-0.2, 0) is 20.8 Å². The van der Waals surface area contributed by atoms with E-state index in [0.717, 1.165) is 0 Å². The Morgan fingerprint density at radius 1 is 0.765 bits per heavy atom. The van der Waals surface area contributed by atoms with Gasteiger partial charge in [0.15, 0.2) is 0 Å². The fourth-order valence-corrected chi connectivity index (χ4v) is 0.642. The third-order valence-electron chi connectivity index (χ3n) is 1.11. The van der Waals surface area contributed by atoms with Crippen LogP contribution in [0.5, 0.6) is 0 Å². The van der Waals surface area contributed by atoms with Crippen molar-refractivity contribution in [1.29, 1.82) is 0 Å². The van der Waals surface area contributed by atoms with Gasteiger partial charge in [0.05, 0.1) is 0 Å². The Bertz CT molecular complexity index is 204. The topological polar surface area (TPSA) is 0 Å². The van der Waals surface area contributed by atoms with E-state index in [4.69, 9.17) is 17.0 Å². The molecule has 0 aromatic heterocycles. The molecule has 0 aliphatic carbocycles. The predicted molar refractivity (Wildman–Crippen MR) is 79.1 cm³/mol. The van der Waals surface area contributed by atoms with Crippen molar-refractivity contribution in [2.45, 2.75) is 19.6 Å². The molecule has 0 saturated heterocycles. The number of rotatable bonds is 0. The van der Waals surface area contributed by atoms with Crippen LogP contribution in [0, 0.1) is 0 Å². The second kappa shape index (κ2) is 18.7. The van der Waals surface area contributed by atoms with Gasteiger partial charge >= 0.3 is 37.9 Å². The van der Waals surface area contributed by atoms with Gasteiger partial charge in [-0.25, -0.2) is 24.3 Å². The van der Waals surface area contributed by atoms with Crippen molar-refractivity contribution in [2.24, 2.45) is 0 Å². The van der Waals surface area contributed by atoms with Crippen LogP contribution in [0.25, 0.3) is 0 Å². The second-order valence-corrected chi connectivity index (χ2v) is 10.2. The van der Waals surface area contributed by atoms with Gasteiger partial charge in [-0.15, -0.1) is 0 Å². The summed E-state index contributed by atoms with van der Waals surface area (Å²) in [5, 5.41) is 0. The molecule has 0 atom stereocenters. The minimum Gasteiger partial charge on any atom is -0.214 e. The van der Waals surface area contributed by atoms with Crippen LogP contribution in [0.15, 0.2) is 60.7 Å². The molecule has 0 amide bonds. The molecular formula is C13H19Cl2SiZr. The Kier molecular flexibility index (Phi) is 21.7. The van der Waals surface area contributed by atoms with Crippen molar-refractivity contribution < 1.29 is 20.8 Å². The Hall–Kier alpha value is 0.380. The first-order valence-corrected chi connectivity index (χ1v) is 14.5. The summed E-state index contributed by atoms with van der Waals surface area (Å²) in [5.41, 5.74) is 0. The molecule has 93 valence electrons. The zero-order valence-corrected chi connectivity index (χ0v) is 15.5. The van der Waals surface area contributed by atoms with Crippen LogP contribution in [-0.4, -0.2) is 8.80 Å². The summed E-state index contributed by atoms with van der Waals surface area (Å²) in [4.78, 5) is 0. The molecule has 0 bridgehead atoms. The minimum atomic E-state index is -0.826. The third kappa shape index (κ3) is 31.4. The summed E-state index contributed by atoms with van der Waals surface area (Å²) in [6.07, 6.45) is 0. The molecule has 0 fully saturated rings. The fraction of sp³-hybridized carbons (Fsp3) is 0.231. The summed E-state index contributed by atoms with van der Waals surface area (Å²) in [5.74, 6) is 0. The SMILES string of the molecule is C[Si](C)C.[Cl][Zr+2][Cl].c1cc[cH-]c1.c1cc[cH-]c1. The molecule has 0 N–H and O–H groups in total. The van der Waals surface area contributed by atoms with Crippen molar-refractivity contribution in [2.75, 3.05) is 0 Å². The largest absolute Gasteiger partial charge is 0.214 e. The summed E-state index contributed by atoms with van der Waals surface area (Å²) < 4.78 is 0. The van der Waals surface area contributed by atoms with E-state index in [1.54, 1.807) is 0 Å². The van der Waals surface area contributed by atoms with Crippen LogP contribution >= 0.6 is 17.0 Å². The summed E-state index contributed by atoms with van der Waals surface area (Å²) in [6.45, 7) is 6.81. The van der Waals surface area contributed by atoms with Gasteiger partial charge in [-0.1, -0.05) is 19.6 Å². The van der Waals surface area contributed by atoms with Crippen LogP contribution in [0.1, 0.15) is 0 Å². The molecule has 0 nitrogen and oxygen atoms in total. The van der Waals surface area contributed by atoms with E-state index in [-0.39, 0.29) is 8.80 Å². The van der Waals surface area contributed by atoms with Gasteiger partial charge in [0.25, 0.3) is 0 Å². The van der Waals surface area contributed by atoms with E-state index in [1.165, 1.54) is 0 Å². The maximum atomic E-state index is 4.93. The Morgan fingerprint density at radius 2 is 0.941 bits per heavy atom. The van der Waals surface area contributed by atoms with Crippen molar-refractivity contribution >= 4 is 25.8 Å². The monoisotopic (exact) mass is 363 g/mol. The van der Waals surface area contributed by atoms with E-state index in [2.05, 4.69) is 19.6 Å². The molecule has 0 heterocycles. The number of hydrogen-bond donors (Lipinski definition) is 0. The Labute approximate surface area is 126 Å². The average molecular weight is 366 g/mol. The molecule has 2 aromatic rings. The zero-order chi connectivity index (χ0) is 13.4. The normalized spacial score (nSPS) is 7.41. The van der Waals surface area contributed by atoms with Crippen molar-refractivity contribution in [3.63, 3.8) is 0 Å². The first-order valence-electron chi connectivity index (χ1n) is 5.21. The third-order valence-corrected chi connectivity index (χ3v) is 1.11. The molecule has 0 saturated carbocycles. The van der Waals surface area contributed by atoms with Crippen LogP contribution in [0.2, 0.25) is 19.6 Å². The van der Waals surface area contributed by atoms with Crippen LogP contribution < -0.4 is 0 Å². The van der Waals surface area contributed by atoms with E-state index < -0.39 is 20.8 Å². The Balaban J connectivity index is 0. The smallest absolute Gasteiger partial charge is 0.172 e. The standard InChI is InChI=1S/2C5H5.C3H9Si.2ClH.Zr/c2*1-2-4-5-3-1;1-4(2)3;;;/h2*1-5H;1-3H3;2*1H;/q2*-1;;;;+4/p-2. The van der Waals surface area contributed by atoms with E-state index in [1.807, 2.05) is 60.7 Å². The molecular weight excluding hydrogens is 346 g/mol. The van der Waals surface area contributed by atoms with Crippen molar-refractivity contribution in [3.8, 4) is 0 Å². The first-order chi connectivity index (χ1) is 8.15. The molecule has 0 aliphatic heterocycles. The average Bonchev–Trinajstić information content (AvgIpc) is 2.98. The van der Waals surface area contributed by atoms with Gasteiger partial charge in [-0.05, 0) is 0 Å². The minimum absolute atomic E-state index is 0.120. The van der Waals surface area contributed by atoms with Crippen LogP contribution in [0.4, 0.5) is 0 Å². The molecule has 0 aliphatic rings. The first kappa shape index (κ1) is 19.7. The molecule has 1 radical (unpaired) electrons. The molecule has 0 unspecified atom stereocenters.